The molecule has 1 heterocycles. The molecule has 6 heteroatoms. The van der Waals surface area contributed by atoms with Crippen molar-refractivity contribution in [3.63, 3.8) is 0 Å². The summed E-state index contributed by atoms with van der Waals surface area (Å²) in [4.78, 5) is 26.7. The fourth-order valence-corrected chi connectivity index (χ4v) is 1.60. The first-order chi connectivity index (χ1) is 9.41. The first-order valence-electron chi connectivity index (χ1n) is 6.52. The van der Waals surface area contributed by atoms with Crippen LogP contribution in [0.5, 0.6) is 0 Å². The number of nitrogens with zero attached hydrogens (tertiary/aromatic N) is 1. The Bertz CT molecular complexity index is 486. The van der Waals surface area contributed by atoms with Crippen LogP contribution in [0.3, 0.4) is 0 Å². The van der Waals surface area contributed by atoms with Crippen LogP contribution in [0.15, 0.2) is 12.1 Å². The number of aromatic nitrogens is 1. The van der Waals surface area contributed by atoms with E-state index in [2.05, 4.69) is 10.3 Å². The van der Waals surface area contributed by atoms with Crippen LogP contribution < -0.4 is 5.32 Å². The quantitative estimate of drug-likeness (QED) is 0.741. The van der Waals surface area contributed by atoms with E-state index in [1.165, 1.54) is 12.1 Å². The molecule has 0 saturated carbocycles. The van der Waals surface area contributed by atoms with Crippen LogP contribution in [0.2, 0.25) is 0 Å². The van der Waals surface area contributed by atoms with Gasteiger partial charge in [-0.1, -0.05) is 0 Å². The van der Waals surface area contributed by atoms with Gasteiger partial charge in [-0.2, -0.15) is 0 Å². The van der Waals surface area contributed by atoms with Gasteiger partial charge in [0, 0.05) is 13.2 Å². The highest BCUT2D eigenvalue weighted by molar-refractivity contribution is 5.94. The van der Waals surface area contributed by atoms with Crippen molar-refractivity contribution in [2.24, 2.45) is 0 Å². The minimum atomic E-state index is -1.05. The highest BCUT2D eigenvalue weighted by Crippen LogP contribution is 2.06. The number of hydrogen-bond donors (Lipinski definition) is 2. The van der Waals surface area contributed by atoms with Gasteiger partial charge in [-0.05, 0) is 39.3 Å². The zero-order valence-electron chi connectivity index (χ0n) is 12.0. The normalized spacial score (nSPS) is 10.6. The van der Waals surface area contributed by atoms with Gasteiger partial charge in [-0.3, -0.25) is 4.79 Å². The van der Waals surface area contributed by atoms with E-state index < -0.39 is 5.97 Å². The number of nitrogens with one attached hydrogen (secondary N) is 1. The van der Waals surface area contributed by atoms with E-state index in [-0.39, 0.29) is 23.3 Å². The Morgan fingerprint density at radius 3 is 2.65 bits per heavy atom. The van der Waals surface area contributed by atoms with Crippen molar-refractivity contribution >= 4 is 11.9 Å². The molecule has 0 radical (unpaired) electrons. The van der Waals surface area contributed by atoms with Crippen LogP contribution in [-0.4, -0.2) is 41.2 Å². The first kappa shape index (κ1) is 16.1. The monoisotopic (exact) mass is 280 g/mol. The third-order valence-electron chi connectivity index (χ3n) is 2.61. The number of aryl methyl sites for hydroxylation is 1. The van der Waals surface area contributed by atoms with Gasteiger partial charge in [-0.15, -0.1) is 0 Å². The summed E-state index contributed by atoms with van der Waals surface area (Å²) in [5.41, 5.74) is 0.650. The average molecular weight is 280 g/mol. The van der Waals surface area contributed by atoms with Crippen LogP contribution in [0.1, 0.15) is 46.8 Å². The second-order valence-electron chi connectivity index (χ2n) is 4.66. The maximum atomic E-state index is 11.8. The van der Waals surface area contributed by atoms with Crippen molar-refractivity contribution in [1.82, 2.24) is 10.3 Å². The van der Waals surface area contributed by atoms with Gasteiger partial charge in [0.1, 0.15) is 5.69 Å². The standard InChI is InChI=1S/C14H20N2O4/c1-9(2)20-8-4-7-15-13(17)12-6-5-11(14(18)19)10(3)16-12/h5-6,9H,4,7-8H2,1-3H3,(H,15,17)(H,18,19). The molecule has 6 nitrogen and oxygen atoms in total. The molecule has 0 atom stereocenters. The predicted octanol–water partition coefficient (Wildman–Crippen LogP) is 1.63. The third-order valence-corrected chi connectivity index (χ3v) is 2.61. The van der Waals surface area contributed by atoms with E-state index in [0.717, 1.165) is 6.42 Å². The maximum absolute atomic E-state index is 11.8. The molecule has 1 aromatic rings. The largest absolute Gasteiger partial charge is 0.478 e. The van der Waals surface area contributed by atoms with Crippen LogP contribution in [0, 0.1) is 6.92 Å². The molecule has 2 N–H and O–H groups in total. The number of carbonyl (C=O) groups is 2. The fourth-order valence-electron chi connectivity index (χ4n) is 1.60. The van der Waals surface area contributed by atoms with Gasteiger partial charge in [0.15, 0.2) is 0 Å². The molecule has 0 unspecified atom stereocenters. The zero-order valence-corrected chi connectivity index (χ0v) is 12.0. The number of hydrogen-bond acceptors (Lipinski definition) is 4. The lowest BCUT2D eigenvalue weighted by Gasteiger charge is -2.08. The molecular formula is C14H20N2O4. The van der Waals surface area contributed by atoms with E-state index in [1.54, 1.807) is 6.92 Å². The Hall–Kier alpha value is -1.95. The number of carboxylic acids is 1. The van der Waals surface area contributed by atoms with Gasteiger partial charge in [0.2, 0.25) is 0 Å². The molecule has 1 rings (SSSR count). The van der Waals surface area contributed by atoms with E-state index in [4.69, 9.17) is 9.84 Å². The Balaban J connectivity index is 2.48. The van der Waals surface area contributed by atoms with Crippen molar-refractivity contribution in [1.29, 1.82) is 0 Å². The summed E-state index contributed by atoms with van der Waals surface area (Å²) in [6.45, 7) is 6.55. The molecule has 110 valence electrons. The summed E-state index contributed by atoms with van der Waals surface area (Å²) in [7, 11) is 0. The molecule has 1 aromatic heterocycles. The number of rotatable bonds is 7. The first-order valence-corrected chi connectivity index (χ1v) is 6.52. The lowest BCUT2D eigenvalue weighted by atomic mass is 10.2. The molecule has 0 bridgehead atoms. The smallest absolute Gasteiger partial charge is 0.337 e. The van der Waals surface area contributed by atoms with Gasteiger partial charge in [0.25, 0.3) is 5.91 Å². The molecule has 0 aliphatic rings. The van der Waals surface area contributed by atoms with E-state index in [9.17, 15) is 9.59 Å². The highest BCUT2D eigenvalue weighted by atomic mass is 16.5. The van der Waals surface area contributed by atoms with Crippen LogP contribution >= 0.6 is 0 Å². The molecule has 20 heavy (non-hydrogen) atoms. The number of pyridine rings is 1. The number of ether oxygens (including phenoxy) is 1. The highest BCUT2D eigenvalue weighted by Gasteiger charge is 2.12. The van der Waals surface area contributed by atoms with Gasteiger partial charge in [0.05, 0.1) is 17.4 Å². The third kappa shape index (κ3) is 4.97. The number of aromatic carboxylic acids is 1. The molecule has 0 aliphatic heterocycles. The molecule has 0 fully saturated rings. The van der Waals surface area contributed by atoms with Gasteiger partial charge in [-0.25, -0.2) is 9.78 Å². The second-order valence-corrected chi connectivity index (χ2v) is 4.66. The summed E-state index contributed by atoms with van der Waals surface area (Å²) < 4.78 is 5.36. The van der Waals surface area contributed by atoms with Crippen molar-refractivity contribution in [2.45, 2.75) is 33.3 Å². The molecular weight excluding hydrogens is 260 g/mol. The van der Waals surface area contributed by atoms with Gasteiger partial charge < -0.3 is 15.2 Å². The number of amides is 1. The topological polar surface area (TPSA) is 88.5 Å². The molecule has 1 amide bonds. The van der Waals surface area contributed by atoms with E-state index in [1.807, 2.05) is 13.8 Å². The SMILES string of the molecule is Cc1nc(C(=O)NCCCOC(C)C)ccc1C(=O)O. The average Bonchev–Trinajstić information content (AvgIpc) is 2.37. The summed E-state index contributed by atoms with van der Waals surface area (Å²) >= 11 is 0. The minimum Gasteiger partial charge on any atom is -0.478 e. The van der Waals surface area contributed by atoms with Crippen LogP contribution in [-0.2, 0) is 4.74 Å². The summed E-state index contributed by atoms with van der Waals surface area (Å²) in [6.07, 6.45) is 0.898. The second kappa shape index (κ2) is 7.59. The van der Waals surface area contributed by atoms with E-state index >= 15 is 0 Å². The Labute approximate surface area is 118 Å². The predicted molar refractivity (Wildman–Crippen MR) is 74.0 cm³/mol. The lowest BCUT2D eigenvalue weighted by molar-refractivity contribution is 0.0693. The molecule has 0 spiro atoms. The zero-order chi connectivity index (χ0) is 15.1. The summed E-state index contributed by atoms with van der Waals surface area (Å²) in [5.74, 6) is -1.36. The summed E-state index contributed by atoms with van der Waals surface area (Å²) in [5, 5.41) is 11.6. The summed E-state index contributed by atoms with van der Waals surface area (Å²) in [6, 6.07) is 2.80. The lowest BCUT2D eigenvalue weighted by Crippen LogP contribution is -2.26. The number of carboxylic acid groups (broad SMARTS) is 1. The van der Waals surface area contributed by atoms with Crippen molar-refractivity contribution in [3.05, 3.63) is 29.1 Å². The molecule has 0 saturated heterocycles. The Morgan fingerprint density at radius 2 is 2.10 bits per heavy atom. The fraction of sp³-hybridized carbons (Fsp3) is 0.500. The Morgan fingerprint density at radius 1 is 1.40 bits per heavy atom. The van der Waals surface area contributed by atoms with Crippen LogP contribution in [0.4, 0.5) is 0 Å². The van der Waals surface area contributed by atoms with Crippen molar-refractivity contribution < 1.29 is 19.4 Å². The van der Waals surface area contributed by atoms with Crippen molar-refractivity contribution in [2.75, 3.05) is 13.2 Å². The molecule has 0 aliphatic carbocycles. The minimum absolute atomic E-state index is 0.104. The van der Waals surface area contributed by atoms with Crippen molar-refractivity contribution in [3.8, 4) is 0 Å². The number of carbonyl (C=O) groups excluding carboxylic acids is 1. The van der Waals surface area contributed by atoms with E-state index in [0.29, 0.717) is 18.8 Å². The Kier molecular flexibility index (Phi) is 6.11. The maximum Gasteiger partial charge on any atom is 0.337 e. The molecule has 0 aromatic carbocycles. The van der Waals surface area contributed by atoms with Crippen LogP contribution in [0.25, 0.3) is 0 Å². The van der Waals surface area contributed by atoms with Gasteiger partial charge >= 0.3 is 5.97 Å².